The number of carboxylic acids is 2. The van der Waals surface area contributed by atoms with Crippen LogP contribution in [0.3, 0.4) is 0 Å². The van der Waals surface area contributed by atoms with Crippen molar-refractivity contribution in [3.05, 3.63) is 0 Å². The summed E-state index contributed by atoms with van der Waals surface area (Å²) in [7, 11) is 0. The van der Waals surface area contributed by atoms with Gasteiger partial charge in [0.2, 0.25) is 17.7 Å². The number of primary amides is 1. The van der Waals surface area contributed by atoms with E-state index < -0.39 is 54.2 Å². The zero-order valence-electron chi connectivity index (χ0n) is 14.2. The SMILES string of the molecule is NC(=O)CC[C@H](NC(=O)[C@@H]1CCCN1)C(=O)N[C@@H](CCC(=O)O)C(=O)O. The molecule has 0 bridgehead atoms. The zero-order chi connectivity index (χ0) is 19.7. The average Bonchev–Trinajstić information content (AvgIpc) is 3.08. The smallest absolute Gasteiger partial charge is 0.326 e. The summed E-state index contributed by atoms with van der Waals surface area (Å²) in [6.45, 7) is 0.673. The van der Waals surface area contributed by atoms with Crippen LogP contribution in [0.1, 0.15) is 38.5 Å². The lowest BCUT2D eigenvalue weighted by Crippen LogP contribution is -2.54. The quantitative estimate of drug-likeness (QED) is 0.238. The summed E-state index contributed by atoms with van der Waals surface area (Å²) in [6.07, 6.45) is 0.395. The number of hydrogen-bond donors (Lipinski definition) is 6. The van der Waals surface area contributed by atoms with Crippen LogP contribution in [-0.4, -0.2) is 64.5 Å². The van der Waals surface area contributed by atoms with E-state index in [-0.39, 0.29) is 19.3 Å². The van der Waals surface area contributed by atoms with Gasteiger partial charge >= 0.3 is 11.9 Å². The van der Waals surface area contributed by atoms with E-state index in [1.807, 2.05) is 0 Å². The minimum absolute atomic E-state index is 0.0924. The number of carbonyl (C=O) groups excluding carboxylic acids is 3. The lowest BCUT2D eigenvalue weighted by Gasteiger charge is -2.22. The van der Waals surface area contributed by atoms with Gasteiger partial charge in [0.25, 0.3) is 0 Å². The molecule has 0 unspecified atom stereocenters. The maximum atomic E-state index is 12.4. The van der Waals surface area contributed by atoms with Crippen molar-refractivity contribution in [2.75, 3.05) is 6.54 Å². The summed E-state index contributed by atoms with van der Waals surface area (Å²) < 4.78 is 0. The van der Waals surface area contributed by atoms with Gasteiger partial charge in [-0.2, -0.15) is 0 Å². The zero-order valence-corrected chi connectivity index (χ0v) is 14.2. The van der Waals surface area contributed by atoms with Gasteiger partial charge in [0.05, 0.1) is 6.04 Å². The molecule has 1 aliphatic rings. The molecule has 0 saturated carbocycles. The maximum Gasteiger partial charge on any atom is 0.326 e. The van der Waals surface area contributed by atoms with E-state index in [1.54, 1.807) is 0 Å². The van der Waals surface area contributed by atoms with Crippen molar-refractivity contribution in [2.24, 2.45) is 5.73 Å². The molecule has 1 saturated heterocycles. The fourth-order valence-electron chi connectivity index (χ4n) is 2.53. The van der Waals surface area contributed by atoms with Gasteiger partial charge in [-0.05, 0) is 32.2 Å². The van der Waals surface area contributed by atoms with E-state index >= 15 is 0 Å². The van der Waals surface area contributed by atoms with Crippen LogP contribution < -0.4 is 21.7 Å². The summed E-state index contributed by atoms with van der Waals surface area (Å²) in [4.78, 5) is 57.3. The fraction of sp³-hybridized carbons (Fsp3) is 0.667. The van der Waals surface area contributed by atoms with Crippen molar-refractivity contribution in [3.8, 4) is 0 Å². The molecular formula is C15H24N4O7. The second-order valence-electron chi connectivity index (χ2n) is 6.05. The number of nitrogens with one attached hydrogen (secondary N) is 3. The van der Waals surface area contributed by atoms with Gasteiger partial charge in [0, 0.05) is 12.8 Å². The van der Waals surface area contributed by atoms with Crippen molar-refractivity contribution >= 4 is 29.7 Å². The Labute approximate surface area is 149 Å². The first-order valence-corrected chi connectivity index (χ1v) is 8.27. The summed E-state index contributed by atoms with van der Waals surface area (Å²) in [5.74, 6) is -4.50. The van der Waals surface area contributed by atoms with Crippen LogP contribution in [0.5, 0.6) is 0 Å². The number of carbonyl (C=O) groups is 5. The minimum Gasteiger partial charge on any atom is -0.481 e. The van der Waals surface area contributed by atoms with Crippen molar-refractivity contribution in [1.29, 1.82) is 0 Å². The highest BCUT2D eigenvalue weighted by Gasteiger charge is 2.30. The Morgan fingerprint density at radius 1 is 1.04 bits per heavy atom. The monoisotopic (exact) mass is 372 g/mol. The van der Waals surface area contributed by atoms with Crippen molar-refractivity contribution in [2.45, 2.75) is 56.7 Å². The van der Waals surface area contributed by atoms with Gasteiger partial charge in [0.1, 0.15) is 12.1 Å². The summed E-state index contributed by atoms with van der Waals surface area (Å²) in [6, 6.07) is -3.03. The van der Waals surface area contributed by atoms with Crippen LogP contribution in [0.4, 0.5) is 0 Å². The Hall–Kier alpha value is -2.69. The lowest BCUT2D eigenvalue weighted by atomic mass is 10.1. The van der Waals surface area contributed by atoms with Gasteiger partial charge in [-0.3, -0.25) is 19.2 Å². The van der Waals surface area contributed by atoms with Crippen molar-refractivity contribution < 1.29 is 34.2 Å². The van der Waals surface area contributed by atoms with Crippen molar-refractivity contribution in [3.63, 3.8) is 0 Å². The molecule has 0 aromatic heterocycles. The molecule has 1 fully saturated rings. The predicted molar refractivity (Wildman–Crippen MR) is 87.8 cm³/mol. The molecule has 1 heterocycles. The molecule has 11 nitrogen and oxygen atoms in total. The number of hydrogen-bond acceptors (Lipinski definition) is 6. The molecule has 1 rings (SSSR count). The first-order chi connectivity index (χ1) is 12.2. The molecule has 0 radical (unpaired) electrons. The van der Waals surface area contributed by atoms with Crippen LogP contribution in [0, 0.1) is 0 Å². The van der Waals surface area contributed by atoms with Gasteiger partial charge in [-0.15, -0.1) is 0 Å². The number of rotatable bonds is 11. The number of aliphatic carboxylic acids is 2. The second kappa shape index (κ2) is 10.3. The molecule has 0 spiro atoms. The molecule has 11 heteroatoms. The summed E-state index contributed by atoms with van der Waals surface area (Å²) in [5.41, 5.74) is 5.07. The normalized spacial score (nSPS) is 18.5. The van der Waals surface area contributed by atoms with Crippen LogP contribution >= 0.6 is 0 Å². The lowest BCUT2D eigenvalue weighted by molar-refractivity contribution is -0.143. The third kappa shape index (κ3) is 7.47. The Kier molecular flexibility index (Phi) is 8.49. The first kappa shape index (κ1) is 21.4. The van der Waals surface area contributed by atoms with Gasteiger partial charge in [-0.1, -0.05) is 0 Å². The molecule has 0 aromatic carbocycles. The first-order valence-electron chi connectivity index (χ1n) is 8.27. The Morgan fingerprint density at radius 2 is 1.69 bits per heavy atom. The average molecular weight is 372 g/mol. The van der Waals surface area contributed by atoms with Crippen LogP contribution in [0.25, 0.3) is 0 Å². The molecular weight excluding hydrogens is 348 g/mol. The molecule has 146 valence electrons. The van der Waals surface area contributed by atoms with Gasteiger partial charge in [0.15, 0.2) is 0 Å². The highest BCUT2D eigenvalue weighted by atomic mass is 16.4. The van der Waals surface area contributed by atoms with Crippen molar-refractivity contribution in [1.82, 2.24) is 16.0 Å². The molecule has 0 aliphatic carbocycles. The van der Waals surface area contributed by atoms with E-state index in [1.165, 1.54) is 0 Å². The standard InChI is InChI=1S/C15H24N4O7/c16-11(20)5-3-9(18-13(23)8-2-1-7-17-8)14(24)19-10(15(25)26)4-6-12(21)22/h8-10,17H,1-7H2,(H2,16,20)(H,18,23)(H,19,24)(H,21,22)(H,25,26)/t8-,9-,10-/m0/s1. The Balaban J connectivity index is 2.73. The predicted octanol–water partition coefficient (Wildman–Crippen LogP) is -2.08. The largest absolute Gasteiger partial charge is 0.481 e. The fourth-order valence-corrected chi connectivity index (χ4v) is 2.53. The molecule has 1 aliphatic heterocycles. The number of amides is 3. The molecule has 0 aromatic rings. The summed E-state index contributed by atoms with van der Waals surface area (Å²) in [5, 5.41) is 25.4. The van der Waals surface area contributed by atoms with E-state index in [9.17, 15) is 24.0 Å². The topological polar surface area (TPSA) is 188 Å². The number of carboxylic acid groups (broad SMARTS) is 2. The molecule has 3 amide bonds. The van der Waals surface area contributed by atoms with Crippen LogP contribution in [-0.2, 0) is 24.0 Å². The van der Waals surface area contributed by atoms with Gasteiger partial charge in [-0.25, -0.2) is 4.79 Å². The maximum absolute atomic E-state index is 12.4. The molecule has 3 atom stereocenters. The van der Waals surface area contributed by atoms with Crippen LogP contribution in [0.2, 0.25) is 0 Å². The third-order valence-electron chi connectivity index (χ3n) is 3.95. The third-order valence-corrected chi connectivity index (χ3v) is 3.95. The summed E-state index contributed by atoms with van der Waals surface area (Å²) >= 11 is 0. The van der Waals surface area contributed by atoms with E-state index in [0.717, 1.165) is 6.42 Å². The highest BCUT2D eigenvalue weighted by Crippen LogP contribution is 2.07. The minimum atomic E-state index is -1.42. The van der Waals surface area contributed by atoms with E-state index in [4.69, 9.17) is 15.9 Å². The van der Waals surface area contributed by atoms with E-state index in [2.05, 4.69) is 16.0 Å². The molecule has 26 heavy (non-hydrogen) atoms. The van der Waals surface area contributed by atoms with Crippen LogP contribution in [0.15, 0.2) is 0 Å². The Bertz CT molecular complexity index is 560. The van der Waals surface area contributed by atoms with Gasteiger partial charge < -0.3 is 31.9 Å². The Morgan fingerprint density at radius 3 is 2.19 bits per heavy atom. The molecule has 7 N–H and O–H groups in total. The second-order valence-corrected chi connectivity index (χ2v) is 6.05. The number of nitrogens with two attached hydrogens (primary N) is 1. The van der Waals surface area contributed by atoms with E-state index in [0.29, 0.717) is 13.0 Å². The highest BCUT2D eigenvalue weighted by molar-refractivity contribution is 5.92.